The van der Waals surface area contributed by atoms with Gasteiger partial charge < -0.3 is 20.4 Å². The van der Waals surface area contributed by atoms with Gasteiger partial charge in [0.2, 0.25) is 0 Å². The third kappa shape index (κ3) is 5.04. The summed E-state index contributed by atoms with van der Waals surface area (Å²) in [6.45, 7) is 2.00. The molecule has 1 aliphatic rings. The standard InChI is InChI=1S/C25H25ClN4O4/c1-16(17-8-10-20(11-9-17)30-14-4-12-27-30)28-24(33)22(31)23(32)25(34)29-13-3-7-21(29)18-5-2-6-19(26)15-18/h2-12,14-16,21-23,31-32H,13H2,1H3,(H,28,33)/t16-,21-,22-,23-/m1/s1. The molecule has 4 atom stereocenters. The molecule has 0 aliphatic carbocycles. The molecule has 0 saturated heterocycles. The van der Waals surface area contributed by atoms with Crippen molar-refractivity contribution in [2.24, 2.45) is 0 Å². The molecule has 9 heteroatoms. The molecule has 2 aromatic carbocycles. The Bertz CT molecular complexity index is 1180. The van der Waals surface area contributed by atoms with Crippen molar-refractivity contribution in [1.29, 1.82) is 0 Å². The lowest BCUT2D eigenvalue weighted by atomic mass is 10.0. The second-order valence-corrected chi connectivity index (χ2v) is 8.52. The Morgan fingerprint density at radius 2 is 1.88 bits per heavy atom. The van der Waals surface area contributed by atoms with Crippen LogP contribution < -0.4 is 5.32 Å². The zero-order chi connectivity index (χ0) is 24.2. The molecule has 0 unspecified atom stereocenters. The van der Waals surface area contributed by atoms with Crippen LogP contribution in [0.1, 0.15) is 30.1 Å². The maximum absolute atomic E-state index is 12.9. The van der Waals surface area contributed by atoms with E-state index >= 15 is 0 Å². The fourth-order valence-electron chi connectivity index (χ4n) is 3.90. The number of rotatable bonds is 7. The van der Waals surface area contributed by atoms with E-state index in [2.05, 4.69) is 10.4 Å². The number of nitrogens with one attached hydrogen (secondary N) is 1. The van der Waals surface area contributed by atoms with Gasteiger partial charge in [-0.15, -0.1) is 0 Å². The van der Waals surface area contributed by atoms with Crippen LogP contribution in [0.5, 0.6) is 0 Å². The van der Waals surface area contributed by atoms with E-state index in [4.69, 9.17) is 11.6 Å². The first kappa shape index (κ1) is 23.7. The number of halogens is 1. The Morgan fingerprint density at radius 3 is 2.56 bits per heavy atom. The van der Waals surface area contributed by atoms with Crippen LogP contribution in [0.25, 0.3) is 5.69 Å². The molecule has 0 saturated carbocycles. The topological polar surface area (TPSA) is 108 Å². The van der Waals surface area contributed by atoms with Crippen LogP contribution in [-0.2, 0) is 9.59 Å². The van der Waals surface area contributed by atoms with Crippen molar-refractivity contribution in [3.8, 4) is 5.69 Å². The molecule has 2 amide bonds. The van der Waals surface area contributed by atoms with Gasteiger partial charge in [-0.1, -0.05) is 48.0 Å². The second kappa shape index (κ2) is 10.2. The van der Waals surface area contributed by atoms with Gasteiger partial charge in [0.25, 0.3) is 11.8 Å². The highest BCUT2D eigenvalue weighted by molar-refractivity contribution is 6.30. The van der Waals surface area contributed by atoms with E-state index in [0.717, 1.165) is 16.8 Å². The van der Waals surface area contributed by atoms with Crippen molar-refractivity contribution in [1.82, 2.24) is 20.0 Å². The SMILES string of the molecule is C[C@@H](NC(=O)[C@H](O)[C@@H](O)C(=O)N1CC=C[C@@H]1c1cccc(Cl)c1)c1ccc(-n2cccn2)cc1. The summed E-state index contributed by atoms with van der Waals surface area (Å²) in [5.41, 5.74) is 2.43. The average Bonchev–Trinajstić information content (AvgIpc) is 3.55. The Labute approximate surface area is 202 Å². The monoisotopic (exact) mass is 480 g/mol. The molecule has 0 bridgehead atoms. The van der Waals surface area contributed by atoms with Crippen LogP contribution in [0.15, 0.2) is 79.1 Å². The molecule has 0 radical (unpaired) electrons. The minimum Gasteiger partial charge on any atom is -0.380 e. The number of hydrogen-bond donors (Lipinski definition) is 3. The third-order valence-electron chi connectivity index (χ3n) is 5.77. The predicted molar refractivity (Wildman–Crippen MR) is 127 cm³/mol. The normalized spacial score (nSPS) is 17.9. The minimum atomic E-state index is -1.92. The first-order chi connectivity index (χ1) is 16.3. The van der Waals surface area contributed by atoms with E-state index in [1.54, 1.807) is 42.1 Å². The van der Waals surface area contributed by atoms with Crippen molar-refractivity contribution in [3.05, 3.63) is 95.3 Å². The van der Waals surface area contributed by atoms with Gasteiger partial charge >= 0.3 is 0 Å². The van der Waals surface area contributed by atoms with E-state index in [-0.39, 0.29) is 6.54 Å². The van der Waals surface area contributed by atoms with Crippen molar-refractivity contribution in [3.63, 3.8) is 0 Å². The van der Waals surface area contributed by atoms with Gasteiger partial charge in [-0.3, -0.25) is 9.59 Å². The van der Waals surface area contributed by atoms with Gasteiger partial charge in [-0.25, -0.2) is 4.68 Å². The summed E-state index contributed by atoms with van der Waals surface area (Å²) in [7, 11) is 0. The maximum atomic E-state index is 12.9. The van der Waals surface area contributed by atoms with E-state index < -0.39 is 36.1 Å². The van der Waals surface area contributed by atoms with E-state index in [9.17, 15) is 19.8 Å². The summed E-state index contributed by atoms with van der Waals surface area (Å²) < 4.78 is 1.71. The summed E-state index contributed by atoms with van der Waals surface area (Å²) in [4.78, 5) is 26.9. The summed E-state index contributed by atoms with van der Waals surface area (Å²) in [5.74, 6) is -1.58. The molecule has 8 nitrogen and oxygen atoms in total. The van der Waals surface area contributed by atoms with Crippen LogP contribution in [0.3, 0.4) is 0 Å². The van der Waals surface area contributed by atoms with Crippen LogP contribution in [0, 0.1) is 0 Å². The van der Waals surface area contributed by atoms with Crippen molar-refractivity contribution >= 4 is 23.4 Å². The highest BCUT2D eigenvalue weighted by Gasteiger charge is 2.37. The molecule has 3 N–H and O–H groups in total. The number of aromatic nitrogens is 2. The highest BCUT2D eigenvalue weighted by atomic mass is 35.5. The van der Waals surface area contributed by atoms with Crippen LogP contribution >= 0.6 is 11.6 Å². The van der Waals surface area contributed by atoms with Gasteiger partial charge in [-0.2, -0.15) is 5.10 Å². The van der Waals surface area contributed by atoms with Gasteiger partial charge in [-0.05, 0) is 48.4 Å². The highest BCUT2D eigenvalue weighted by Crippen LogP contribution is 2.29. The fourth-order valence-corrected chi connectivity index (χ4v) is 4.10. The van der Waals surface area contributed by atoms with Crippen molar-refractivity contribution < 1.29 is 19.8 Å². The lowest BCUT2D eigenvalue weighted by Gasteiger charge is -2.29. The maximum Gasteiger partial charge on any atom is 0.255 e. The van der Waals surface area contributed by atoms with E-state index in [0.29, 0.717) is 5.02 Å². The minimum absolute atomic E-state index is 0.250. The molecule has 4 rings (SSSR count). The Balaban J connectivity index is 1.38. The van der Waals surface area contributed by atoms with Crippen molar-refractivity contribution in [2.45, 2.75) is 31.2 Å². The summed E-state index contributed by atoms with van der Waals surface area (Å²) in [6, 6.07) is 15.4. The van der Waals surface area contributed by atoms with Gasteiger partial charge in [0.1, 0.15) is 0 Å². The Kier molecular flexibility index (Phi) is 7.12. The molecule has 0 spiro atoms. The van der Waals surface area contributed by atoms with E-state index in [1.165, 1.54) is 4.90 Å². The smallest absolute Gasteiger partial charge is 0.255 e. The number of amides is 2. The third-order valence-corrected chi connectivity index (χ3v) is 6.01. The lowest BCUT2D eigenvalue weighted by Crippen LogP contribution is -2.51. The quantitative estimate of drug-likeness (QED) is 0.450. The lowest BCUT2D eigenvalue weighted by molar-refractivity contribution is -0.153. The largest absolute Gasteiger partial charge is 0.380 e. The second-order valence-electron chi connectivity index (χ2n) is 8.08. The Morgan fingerprint density at radius 1 is 1.12 bits per heavy atom. The number of carbonyl (C=O) groups is 2. The molecule has 3 aromatic rings. The van der Waals surface area contributed by atoms with Gasteiger partial charge in [0.15, 0.2) is 12.2 Å². The number of benzene rings is 2. The summed E-state index contributed by atoms with van der Waals surface area (Å²) in [6.07, 6.45) is 3.28. The molecule has 1 aliphatic heterocycles. The predicted octanol–water partition coefficient (Wildman–Crippen LogP) is 2.56. The molecular formula is C25H25ClN4O4. The average molecular weight is 481 g/mol. The summed E-state index contributed by atoms with van der Waals surface area (Å²) in [5, 5.41) is 28.3. The first-order valence-corrected chi connectivity index (χ1v) is 11.2. The van der Waals surface area contributed by atoms with Crippen molar-refractivity contribution in [2.75, 3.05) is 6.54 Å². The molecular weight excluding hydrogens is 456 g/mol. The summed E-state index contributed by atoms with van der Waals surface area (Å²) >= 11 is 6.06. The number of hydrogen-bond acceptors (Lipinski definition) is 5. The zero-order valence-corrected chi connectivity index (χ0v) is 19.2. The molecule has 1 aromatic heterocycles. The van der Waals surface area contributed by atoms with E-state index in [1.807, 2.05) is 48.7 Å². The Hall–Kier alpha value is -3.46. The number of nitrogens with zero attached hydrogens (tertiary/aromatic N) is 3. The van der Waals surface area contributed by atoms with Crippen LogP contribution in [0.4, 0.5) is 0 Å². The fraction of sp³-hybridized carbons (Fsp3) is 0.240. The number of carbonyl (C=O) groups excluding carboxylic acids is 2. The molecule has 2 heterocycles. The number of aliphatic hydroxyl groups excluding tert-OH is 2. The molecule has 176 valence electrons. The molecule has 34 heavy (non-hydrogen) atoms. The van der Waals surface area contributed by atoms with Gasteiger partial charge in [0.05, 0.1) is 17.8 Å². The first-order valence-electron chi connectivity index (χ1n) is 10.8. The van der Waals surface area contributed by atoms with Crippen LogP contribution in [0.2, 0.25) is 5.02 Å². The van der Waals surface area contributed by atoms with Gasteiger partial charge in [0, 0.05) is 24.0 Å². The zero-order valence-electron chi connectivity index (χ0n) is 18.5. The van der Waals surface area contributed by atoms with Crippen LogP contribution in [-0.4, -0.2) is 55.5 Å². The molecule has 0 fully saturated rings. The number of aliphatic hydroxyl groups is 2.